The van der Waals surface area contributed by atoms with Gasteiger partial charge in [-0.2, -0.15) is 0 Å². The van der Waals surface area contributed by atoms with Crippen LogP contribution in [0.4, 0.5) is 0 Å². The minimum absolute atomic E-state index is 0.00352. The third-order valence-electron chi connectivity index (χ3n) is 2.68. The molecule has 0 aliphatic heterocycles. The van der Waals surface area contributed by atoms with Gasteiger partial charge in [0.2, 0.25) is 0 Å². The average Bonchev–Trinajstić information content (AvgIpc) is 2.45. The molecule has 2 N–H and O–H groups in total. The first-order valence-corrected chi connectivity index (χ1v) is 4.69. The van der Waals surface area contributed by atoms with E-state index in [1.54, 1.807) is 0 Å². The Morgan fingerprint density at radius 2 is 2.08 bits per heavy atom. The zero-order valence-corrected chi connectivity index (χ0v) is 8.78. The first-order chi connectivity index (χ1) is 6.07. The Morgan fingerprint density at radius 3 is 2.46 bits per heavy atom. The maximum Gasteiger partial charge on any atom is 0.149 e. The lowest BCUT2D eigenvalue weighted by molar-refractivity contribution is 0.428. The second-order valence-corrected chi connectivity index (χ2v) is 3.58. The van der Waals surface area contributed by atoms with Crippen LogP contribution in [0.2, 0.25) is 0 Å². The van der Waals surface area contributed by atoms with Gasteiger partial charge in [-0.25, -0.2) is 0 Å². The van der Waals surface area contributed by atoms with Crippen molar-refractivity contribution < 1.29 is 0 Å². The van der Waals surface area contributed by atoms with Gasteiger partial charge in [0.05, 0.1) is 6.04 Å². The summed E-state index contributed by atoms with van der Waals surface area (Å²) in [6.45, 7) is 6.20. The van der Waals surface area contributed by atoms with Gasteiger partial charge in [-0.3, -0.25) is 0 Å². The van der Waals surface area contributed by atoms with Crippen LogP contribution < -0.4 is 5.73 Å². The maximum atomic E-state index is 6.04. The molecule has 74 valence electrons. The fourth-order valence-corrected chi connectivity index (χ4v) is 1.22. The van der Waals surface area contributed by atoms with Crippen LogP contribution in [0.25, 0.3) is 0 Å². The van der Waals surface area contributed by atoms with Gasteiger partial charge in [0.1, 0.15) is 11.6 Å². The quantitative estimate of drug-likeness (QED) is 0.763. The molecule has 1 aromatic rings. The molecule has 0 bridgehead atoms. The van der Waals surface area contributed by atoms with E-state index >= 15 is 0 Å². The Hall–Kier alpha value is -0.900. The van der Waals surface area contributed by atoms with E-state index in [4.69, 9.17) is 5.73 Å². The van der Waals surface area contributed by atoms with E-state index < -0.39 is 0 Å². The largest absolute Gasteiger partial charge is 0.321 e. The lowest BCUT2D eigenvalue weighted by Gasteiger charge is -2.17. The summed E-state index contributed by atoms with van der Waals surface area (Å²) in [7, 11) is 1.95. The fourth-order valence-electron chi connectivity index (χ4n) is 1.22. The molecule has 0 fully saturated rings. The molecular formula is C9H18N4. The van der Waals surface area contributed by atoms with E-state index in [2.05, 4.69) is 24.0 Å². The third-order valence-corrected chi connectivity index (χ3v) is 2.68. The number of aryl methyl sites for hydroxylation is 1. The molecule has 0 amide bonds. The molecule has 1 heterocycles. The maximum absolute atomic E-state index is 6.04. The van der Waals surface area contributed by atoms with Crippen molar-refractivity contribution in [1.29, 1.82) is 0 Å². The first-order valence-electron chi connectivity index (χ1n) is 4.69. The number of hydrogen-bond donors (Lipinski definition) is 1. The van der Waals surface area contributed by atoms with Crippen molar-refractivity contribution in [3.63, 3.8) is 0 Å². The summed E-state index contributed by atoms with van der Waals surface area (Å²) in [5.41, 5.74) is 6.04. The number of nitrogens with zero attached hydrogens (tertiary/aromatic N) is 3. The number of rotatable bonds is 3. The SMILES string of the molecule is CCC(C)C(N)c1nnc(C)n1C. The predicted octanol–water partition coefficient (Wildman–Crippen LogP) is 1.17. The van der Waals surface area contributed by atoms with E-state index in [0.717, 1.165) is 18.1 Å². The highest BCUT2D eigenvalue weighted by atomic mass is 15.3. The van der Waals surface area contributed by atoms with Crippen LogP contribution in [-0.2, 0) is 7.05 Å². The van der Waals surface area contributed by atoms with Crippen LogP contribution in [0.5, 0.6) is 0 Å². The average molecular weight is 182 g/mol. The van der Waals surface area contributed by atoms with Crippen molar-refractivity contribution in [2.24, 2.45) is 18.7 Å². The van der Waals surface area contributed by atoms with Crippen LogP contribution in [0.1, 0.15) is 38.0 Å². The normalized spacial score (nSPS) is 15.8. The summed E-state index contributed by atoms with van der Waals surface area (Å²) in [5.74, 6) is 2.24. The van der Waals surface area contributed by atoms with Gasteiger partial charge in [0.15, 0.2) is 0 Å². The highest BCUT2D eigenvalue weighted by Crippen LogP contribution is 2.19. The first kappa shape index (κ1) is 10.2. The molecule has 2 unspecified atom stereocenters. The molecule has 0 aliphatic rings. The van der Waals surface area contributed by atoms with E-state index in [9.17, 15) is 0 Å². The second kappa shape index (κ2) is 3.87. The predicted molar refractivity (Wildman–Crippen MR) is 52.1 cm³/mol. The monoisotopic (exact) mass is 182 g/mol. The highest BCUT2D eigenvalue weighted by molar-refractivity contribution is 4.99. The molecule has 0 saturated carbocycles. The molecular weight excluding hydrogens is 164 g/mol. The Morgan fingerprint density at radius 1 is 1.46 bits per heavy atom. The molecule has 0 spiro atoms. The number of aromatic nitrogens is 3. The molecule has 13 heavy (non-hydrogen) atoms. The van der Waals surface area contributed by atoms with Gasteiger partial charge in [-0.05, 0) is 12.8 Å². The molecule has 4 nitrogen and oxygen atoms in total. The lowest BCUT2D eigenvalue weighted by Crippen LogP contribution is -2.22. The molecule has 2 atom stereocenters. The van der Waals surface area contributed by atoms with Crippen molar-refractivity contribution in [3.8, 4) is 0 Å². The minimum atomic E-state index is -0.00352. The van der Waals surface area contributed by atoms with Gasteiger partial charge in [-0.1, -0.05) is 20.3 Å². The summed E-state index contributed by atoms with van der Waals surface area (Å²) in [5, 5.41) is 8.06. The van der Waals surface area contributed by atoms with E-state index in [-0.39, 0.29) is 6.04 Å². The second-order valence-electron chi connectivity index (χ2n) is 3.58. The van der Waals surface area contributed by atoms with E-state index in [1.165, 1.54) is 0 Å². The summed E-state index contributed by atoms with van der Waals surface area (Å²) in [4.78, 5) is 0. The Balaban J connectivity index is 2.88. The Bertz CT molecular complexity index is 279. The fraction of sp³-hybridized carbons (Fsp3) is 0.778. The van der Waals surface area contributed by atoms with Gasteiger partial charge in [-0.15, -0.1) is 10.2 Å². The van der Waals surface area contributed by atoms with Crippen LogP contribution in [0.3, 0.4) is 0 Å². The highest BCUT2D eigenvalue weighted by Gasteiger charge is 2.18. The summed E-state index contributed by atoms with van der Waals surface area (Å²) < 4.78 is 1.96. The van der Waals surface area contributed by atoms with Crippen LogP contribution >= 0.6 is 0 Å². The molecule has 1 rings (SSSR count). The Labute approximate surface area is 79.2 Å². The topological polar surface area (TPSA) is 56.7 Å². The Kier molecular flexibility index (Phi) is 3.03. The lowest BCUT2D eigenvalue weighted by atomic mass is 9.99. The zero-order chi connectivity index (χ0) is 10.0. The van der Waals surface area contributed by atoms with Crippen molar-refractivity contribution in [1.82, 2.24) is 14.8 Å². The minimum Gasteiger partial charge on any atom is -0.321 e. The van der Waals surface area contributed by atoms with E-state index in [0.29, 0.717) is 5.92 Å². The molecule has 0 radical (unpaired) electrons. The van der Waals surface area contributed by atoms with E-state index in [1.807, 2.05) is 18.5 Å². The van der Waals surface area contributed by atoms with Crippen LogP contribution in [-0.4, -0.2) is 14.8 Å². The number of nitrogens with two attached hydrogens (primary N) is 1. The van der Waals surface area contributed by atoms with Gasteiger partial charge < -0.3 is 10.3 Å². The van der Waals surface area contributed by atoms with Crippen molar-refractivity contribution in [3.05, 3.63) is 11.6 Å². The molecule has 1 aromatic heterocycles. The van der Waals surface area contributed by atoms with Gasteiger partial charge in [0, 0.05) is 7.05 Å². The third kappa shape index (κ3) is 1.88. The molecule has 0 saturated heterocycles. The van der Waals surface area contributed by atoms with Crippen LogP contribution in [0, 0.1) is 12.8 Å². The molecule has 0 aromatic carbocycles. The summed E-state index contributed by atoms with van der Waals surface area (Å²) in [6, 6.07) is -0.00352. The standard InChI is InChI=1S/C9H18N4/c1-5-6(2)8(10)9-12-11-7(3)13(9)4/h6,8H,5,10H2,1-4H3. The summed E-state index contributed by atoms with van der Waals surface area (Å²) >= 11 is 0. The van der Waals surface area contributed by atoms with Gasteiger partial charge >= 0.3 is 0 Å². The van der Waals surface area contributed by atoms with Crippen molar-refractivity contribution in [2.45, 2.75) is 33.2 Å². The number of hydrogen-bond acceptors (Lipinski definition) is 3. The zero-order valence-electron chi connectivity index (χ0n) is 8.78. The molecule has 4 heteroatoms. The summed E-state index contributed by atoms with van der Waals surface area (Å²) in [6.07, 6.45) is 1.06. The smallest absolute Gasteiger partial charge is 0.149 e. The van der Waals surface area contributed by atoms with Crippen molar-refractivity contribution in [2.75, 3.05) is 0 Å². The van der Waals surface area contributed by atoms with Crippen molar-refractivity contribution >= 4 is 0 Å². The molecule has 0 aliphatic carbocycles. The van der Waals surface area contributed by atoms with Crippen LogP contribution in [0.15, 0.2) is 0 Å². The van der Waals surface area contributed by atoms with Gasteiger partial charge in [0.25, 0.3) is 0 Å².